The van der Waals surface area contributed by atoms with Crippen molar-refractivity contribution in [1.29, 1.82) is 0 Å². The first-order valence-electron chi connectivity index (χ1n) is 7.68. The molecule has 1 aromatic heterocycles. The van der Waals surface area contributed by atoms with Gasteiger partial charge >= 0.3 is 0 Å². The first kappa shape index (κ1) is 14.1. The van der Waals surface area contributed by atoms with Gasteiger partial charge in [0.25, 0.3) is 5.91 Å². The van der Waals surface area contributed by atoms with Crippen molar-refractivity contribution in [2.75, 3.05) is 33.7 Å². The third kappa shape index (κ3) is 2.81. The number of aromatic nitrogens is 1. The van der Waals surface area contributed by atoms with Crippen LogP contribution in [0.15, 0.2) is 30.5 Å². The lowest BCUT2D eigenvalue weighted by atomic mass is 10.1. The predicted octanol–water partition coefficient (Wildman–Crippen LogP) is 2.44. The molecule has 0 aliphatic carbocycles. The molecular weight excluding hydrogens is 262 g/mol. The van der Waals surface area contributed by atoms with Crippen LogP contribution in [-0.4, -0.2) is 54.0 Å². The first-order valence-corrected chi connectivity index (χ1v) is 7.68. The number of nitrogens with zero attached hydrogens (tertiary/aromatic N) is 3. The fraction of sp³-hybridized carbons (Fsp3) is 0.471. The average Bonchev–Trinajstić information content (AvgIpc) is 3.12. The Bertz CT molecular complexity index is 639. The van der Waals surface area contributed by atoms with E-state index in [1.807, 2.05) is 23.2 Å². The molecule has 0 radical (unpaired) electrons. The van der Waals surface area contributed by atoms with Crippen molar-refractivity contribution in [3.63, 3.8) is 0 Å². The van der Waals surface area contributed by atoms with Crippen LogP contribution in [0, 0.1) is 0 Å². The van der Waals surface area contributed by atoms with E-state index in [9.17, 15) is 4.79 Å². The van der Waals surface area contributed by atoms with E-state index < -0.39 is 0 Å². The number of benzene rings is 1. The number of carbonyl (C=O) groups excluding carboxylic acids is 1. The number of likely N-dealkylation sites (tertiary alicyclic amines) is 1. The summed E-state index contributed by atoms with van der Waals surface area (Å²) in [6.45, 7) is 3.67. The zero-order valence-electron chi connectivity index (χ0n) is 12.9. The van der Waals surface area contributed by atoms with Crippen molar-refractivity contribution in [3.8, 4) is 0 Å². The highest BCUT2D eigenvalue weighted by molar-refractivity contribution is 6.07. The Balaban J connectivity index is 1.96. The zero-order valence-corrected chi connectivity index (χ0v) is 12.9. The summed E-state index contributed by atoms with van der Waals surface area (Å²) >= 11 is 0. The minimum Gasteiger partial charge on any atom is -0.345 e. The van der Waals surface area contributed by atoms with Crippen LogP contribution in [0.1, 0.15) is 23.2 Å². The topological polar surface area (TPSA) is 28.5 Å². The summed E-state index contributed by atoms with van der Waals surface area (Å²) in [6.07, 6.45) is 4.30. The normalized spacial score (nSPS) is 15.3. The molecule has 4 nitrogen and oxygen atoms in total. The molecule has 3 rings (SSSR count). The van der Waals surface area contributed by atoms with E-state index >= 15 is 0 Å². The third-order valence-electron chi connectivity index (χ3n) is 4.20. The van der Waals surface area contributed by atoms with Crippen molar-refractivity contribution < 1.29 is 4.79 Å². The van der Waals surface area contributed by atoms with E-state index in [2.05, 4.69) is 35.7 Å². The molecule has 1 saturated heterocycles. The molecule has 0 atom stereocenters. The quantitative estimate of drug-likeness (QED) is 0.863. The van der Waals surface area contributed by atoms with Crippen LogP contribution in [0.5, 0.6) is 0 Å². The summed E-state index contributed by atoms with van der Waals surface area (Å²) in [6, 6.07) is 8.22. The van der Waals surface area contributed by atoms with Crippen LogP contribution in [0.3, 0.4) is 0 Å². The lowest BCUT2D eigenvalue weighted by Crippen LogP contribution is -2.27. The fourth-order valence-electron chi connectivity index (χ4n) is 3.00. The molecule has 0 spiro atoms. The standard InChI is InChI=1S/C17H23N3O/c1-18(2)11-12-20-13-15(14-7-3-4-8-16(14)20)17(21)19-9-5-6-10-19/h3-4,7-8,13H,5-6,9-12H2,1-2H3. The molecule has 112 valence electrons. The van der Waals surface area contributed by atoms with Gasteiger partial charge in [0.05, 0.1) is 5.56 Å². The number of amides is 1. The molecule has 1 aliphatic rings. The minimum atomic E-state index is 0.187. The summed E-state index contributed by atoms with van der Waals surface area (Å²) in [5, 5.41) is 1.08. The molecule has 21 heavy (non-hydrogen) atoms. The lowest BCUT2D eigenvalue weighted by Gasteiger charge is -2.14. The molecule has 0 N–H and O–H groups in total. The molecular formula is C17H23N3O. The molecule has 0 bridgehead atoms. The number of para-hydroxylation sites is 1. The van der Waals surface area contributed by atoms with E-state index in [4.69, 9.17) is 0 Å². The maximum absolute atomic E-state index is 12.7. The Hall–Kier alpha value is -1.81. The van der Waals surface area contributed by atoms with Crippen molar-refractivity contribution in [3.05, 3.63) is 36.0 Å². The number of hydrogen-bond donors (Lipinski definition) is 0. The summed E-state index contributed by atoms with van der Waals surface area (Å²) in [4.78, 5) is 16.9. The van der Waals surface area contributed by atoms with Gasteiger partial charge in [-0.25, -0.2) is 0 Å². The third-order valence-corrected chi connectivity index (χ3v) is 4.20. The van der Waals surface area contributed by atoms with Crippen LogP contribution in [0.25, 0.3) is 10.9 Å². The van der Waals surface area contributed by atoms with E-state index in [1.54, 1.807) is 0 Å². The number of fused-ring (bicyclic) bond motifs is 1. The summed E-state index contributed by atoms with van der Waals surface area (Å²) in [5.41, 5.74) is 2.01. The summed E-state index contributed by atoms with van der Waals surface area (Å²) < 4.78 is 2.21. The maximum Gasteiger partial charge on any atom is 0.256 e. The molecule has 4 heteroatoms. The Kier molecular flexibility index (Phi) is 3.97. The monoisotopic (exact) mass is 285 g/mol. The van der Waals surface area contributed by atoms with Gasteiger partial charge in [0.2, 0.25) is 0 Å². The average molecular weight is 285 g/mol. The van der Waals surface area contributed by atoms with Crippen LogP contribution in [-0.2, 0) is 6.54 Å². The number of rotatable bonds is 4. The van der Waals surface area contributed by atoms with Gasteiger partial charge in [-0.1, -0.05) is 18.2 Å². The van der Waals surface area contributed by atoms with Crippen LogP contribution < -0.4 is 0 Å². The highest BCUT2D eigenvalue weighted by Crippen LogP contribution is 2.24. The molecule has 2 heterocycles. The van der Waals surface area contributed by atoms with Gasteiger partial charge < -0.3 is 14.4 Å². The van der Waals surface area contributed by atoms with Crippen molar-refractivity contribution in [2.24, 2.45) is 0 Å². The van der Waals surface area contributed by atoms with Crippen molar-refractivity contribution >= 4 is 16.8 Å². The van der Waals surface area contributed by atoms with Crippen LogP contribution in [0.4, 0.5) is 0 Å². The van der Waals surface area contributed by atoms with E-state index in [-0.39, 0.29) is 5.91 Å². The second-order valence-corrected chi connectivity index (χ2v) is 6.06. The van der Waals surface area contributed by atoms with Gasteiger partial charge in [0.15, 0.2) is 0 Å². The molecule has 1 aromatic carbocycles. The lowest BCUT2D eigenvalue weighted by molar-refractivity contribution is 0.0794. The van der Waals surface area contributed by atoms with Gasteiger partial charge in [-0.2, -0.15) is 0 Å². The zero-order chi connectivity index (χ0) is 14.8. The smallest absolute Gasteiger partial charge is 0.256 e. The van der Waals surface area contributed by atoms with E-state index in [0.717, 1.165) is 55.5 Å². The molecule has 1 fully saturated rings. The fourth-order valence-corrected chi connectivity index (χ4v) is 3.00. The van der Waals surface area contributed by atoms with Crippen molar-refractivity contribution in [1.82, 2.24) is 14.4 Å². The molecule has 2 aromatic rings. The predicted molar refractivity (Wildman–Crippen MR) is 85.6 cm³/mol. The first-order chi connectivity index (χ1) is 10.2. The minimum absolute atomic E-state index is 0.187. The van der Waals surface area contributed by atoms with Gasteiger partial charge in [-0.3, -0.25) is 4.79 Å². The Labute approximate surface area is 125 Å². The maximum atomic E-state index is 12.7. The highest BCUT2D eigenvalue weighted by Gasteiger charge is 2.23. The second-order valence-electron chi connectivity index (χ2n) is 6.06. The second kappa shape index (κ2) is 5.90. The van der Waals surface area contributed by atoms with Gasteiger partial charge in [0.1, 0.15) is 0 Å². The summed E-state index contributed by atoms with van der Waals surface area (Å²) in [5.74, 6) is 0.187. The Morgan fingerprint density at radius 2 is 1.90 bits per heavy atom. The van der Waals surface area contributed by atoms with E-state index in [0.29, 0.717) is 0 Å². The Morgan fingerprint density at radius 3 is 2.62 bits per heavy atom. The van der Waals surface area contributed by atoms with Crippen molar-refractivity contribution in [2.45, 2.75) is 19.4 Å². The molecule has 0 saturated carbocycles. The number of hydrogen-bond acceptors (Lipinski definition) is 2. The van der Waals surface area contributed by atoms with Gasteiger partial charge in [0, 0.05) is 43.3 Å². The number of carbonyl (C=O) groups is 1. The van der Waals surface area contributed by atoms with Gasteiger partial charge in [-0.05, 0) is 33.0 Å². The van der Waals surface area contributed by atoms with Gasteiger partial charge in [-0.15, -0.1) is 0 Å². The Morgan fingerprint density at radius 1 is 1.19 bits per heavy atom. The molecule has 1 aliphatic heterocycles. The molecule has 1 amide bonds. The number of likely N-dealkylation sites (N-methyl/N-ethyl adjacent to an activating group) is 1. The highest BCUT2D eigenvalue weighted by atomic mass is 16.2. The van der Waals surface area contributed by atoms with E-state index in [1.165, 1.54) is 0 Å². The SMILES string of the molecule is CN(C)CCn1cc(C(=O)N2CCCC2)c2ccccc21. The molecule has 0 unspecified atom stereocenters. The van der Waals surface area contributed by atoms with Crippen LogP contribution in [0.2, 0.25) is 0 Å². The summed E-state index contributed by atoms with van der Waals surface area (Å²) in [7, 11) is 4.14. The van der Waals surface area contributed by atoms with Crippen LogP contribution >= 0.6 is 0 Å². The largest absolute Gasteiger partial charge is 0.345 e.